The van der Waals surface area contributed by atoms with Gasteiger partial charge in [-0.05, 0) is 61.7 Å². The lowest BCUT2D eigenvalue weighted by molar-refractivity contribution is -0.146. The van der Waals surface area contributed by atoms with Crippen molar-refractivity contribution < 1.29 is 14.7 Å². The van der Waals surface area contributed by atoms with Crippen LogP contribution >= 0.6 is 0 Å². The van der Waals surface area contributed by atoms with Crippen molar-refractivity contribution in [2.45, 2.75) is 52.4 Å². The van der Waals surface area contributed by atoms with Crippen molar-refractivity contribution in [1.29, 1.82) is 0 Å². The lowest BCUT2D eigenvalue weighted by Crippen LogP contribution is -2.52. The van der Waals surface area contributed by atoms with Crippen LogP contribution in [-0.4, -0.2) is 23.5 Å². The highest BCUT2D eigenvalue weighted by Crippen LogP contribution is 2.59. The maximum Gasteiger partial charge on any atom is 0.307 e. The van der Waals surface area contributed by atoms with Gasteiger partial charge >= 0.3 is 5.97 Å². The van der Waals surface area contributed by atoms with Crippen LogP contribution in [0, 0.1) is 35.0 Å². The van der Waals surface area contributed by atoms with E-state index in [1.807, 2.05) is 0 Å². The van der Waals surface area contributed by atoms with Crippen LogP contribution in [-0.2, 0) is 9.59 Å². The van der Waals surface area contributed by atoms with Gasteiger partial charge in [-0.3, -0.25) is 9.59 Å². The molecule has 0 heterocycles. The Morgan fingerprint density at radius 2 is 1.52 bits per heavy atom. The molecule has 1 amide bonds. The van der Waals surface area contributed by atoms with E-state index in [1.54, 1.807) is 13.8 Å². The summed E-state index contributed by atoms with van der Waals surface area (Å²) in [6.45, 7) is 4.08. The van der Waals surface area contributed by atoms with Crippen molar-refractivity contribution in [3.8, 4) is 0 Å². The fraction of sp³-hybridized carbons (Fsp3) is 0.882. The average Bonchev–Trinajstić information content (AvgIpc) is 2.41. The van der Waals surface area contributed by atoms with Crippen LogP contribution < -0.4 is 5.32 Å². The summed E-state index contributed by atoms with van der Waals surface area (Å²) in [4.78, 5) is 23.2. The number of hydrogen-bond acceptors (Lipinski definition) is 2. The average molecular weight is 293 g/mol. The SMILES string of the molecule is CC(C(=O)O)C(C)C(=O)NCC12CC3CC(CC(C3)C1)C2. The minimum absolute atomic E-state index is 0.0966. The van der Waals surface area contributed by atoms with E-state index in [-0.39, 0.29) is 5.91 Å². The van der Waals surface area contributed by atoms with Crippen LogP contribution in [0.2, 0.25) is 0 Å². The predicted molar refractivity (Wildman–Crippen MR) is 79.6 cm³/mol. The summed E-state index contributed by atoms with van der Waals surface area (Å²) in [6.07, 6.45) is 8.01. The van der Waals surface area contributed by atoms with E-state index in [2.05, 4.69) is 5.32 Å². The van der Waals surface area contributed by atoms with E-state index >= 15 is 0 Å². The quantitative estimate of drug-likeness (QED) is 0.819. The van der Waals surface area contributed by atoms with Gasteiger partial charge in [0.05, 0.1) is 5.92 Å². The minimum Gasteiger partial charge on any atom is -0.481 e. The fourth-order valence-electron chi connectivity index (χ4n) is 5.38. The van der Waals surface area contributed by atoms with Gasteiger partial charge in [0.15, 0.2) is 0 Å². The Balaban J connectivity index is 1.58. The molecule has 4 rings (SSSR count). The first-order valence-electron chi connectivity index (χ1n) is 8.39. The van der Waals surface area contributed by atoms with E-state index in [4.69, 9.17) is 5.11 Å². The van der Waals surface area contributed by atoms with Gasteiger partial charge in [-0.25, -0.2) is 0 Å². The maximum absolute atomic E-state index is 12.2. The predicted octanol–water partition coefficient (Wildman–Crippen LogP) is 2.68. The second-order valence-corrected chi connectivity index (χ2v) is 8.05. The van der Waals surface area contributed by atoms with Gasteiger partial charge in [-0.2, -0.15) is 0 Å². The third kappa shape index (κ3) is 2.82. The fourth-order valence-corrected chi connectivity index (χ4v) is 5.38. The molecule has 4 fully saturated rings. The normalized spacial score (nSPS) is 39.8. The summed E-state index contributed by atoms with van der Waals surface area (Å²) >= 11 is 0. The van der Waals surface area contributed by atoms with Crippen LogP contribution in [0.25, 0.3) is 0 Å². The highest BCUT2D eigenvalue weighted by molar-refractivity contribution is 5.84. The van der Waals surface area contributed by atoms with E-state index in [9.17, 15) is 9.59 Å². The molecule has 0 aromatic carbocycles. The van der Waals surface area contributed by atoms with Crippen molar-refractivity contribution in [2.24, 2.45) is 35.0 Å². The number of aliphatic carboxylic acids is 1. The number of carboxylic acids is 1. The van der Waals surface area contributed by atoms with Crippen molar-refractivity contribution in [3.05, 3.63) is 0 Å². The Bertz CT molecular complexity index is 410. The highest BCUT2D eigenvalue weighted by atomic mass is 16.4. The molecule has 0 aliphatic heterocycles. The topological polar surface area (TPSA) is 66.4 Å². The molecule has 4 aliphatic carbocycles. The molecule has 4 saturated carbocycles. The van der Waals surface area contributed by atoms with Crippen LogP contribution in [0.5, 0.6) is 0 Å². The molecule has 0 saturated heterocycles. The number of carbonyl (C=O) groups excluding carboxylic acids is 1. The number of nitrogens with one attached hydrogen (secondary N) is 1. The molecule has 2 atom stereocenters. The minimum atomic E-state index is -0.896. The third-order valence-corrected chi connectivity index (χ3v) is 6.36. The van der Waals surface area contributed by atoms with E-state index in [1.165, 1.54) is 38.5 Å². The molecule has 2 N–H and O–H groups in total. The van der Waals surface area contributed by atoms with Gasteiger partial charge in [-0.1, -0.05) is 13.8 Å². The number of carbonyl (C=O) groups is 2. The molecular weight excluding hydrogens is 266 g/mol. The van der Waals surface area contributed by atoms with Gasteiger partial charge in [0.25, 0.3) is 0 Å². The molecule has 0 radical (unpaired) electrons. The lowest BCUT2D eigenvalue weighted by Gasteiger charge is -2.57. The molecule has 118 valence electrons. The number of carboxylic acid groups (broad SMARTS) is 1. The molecule has 0 spiro atoms. The van der Waals surface area contributed by atoms with Crippen LogP contribution in [0.15, 0.2) is 0 Å². The largest absolute Gasteiger partial charge is 0.481 e. The Morgan fingerprint density at radius 3 is 1.95 bits per heavy atom. The van der Waals surface area contributed by atoms with Gasteiger partial charge < -0.3 is 10.4 Å². The zero-order valence-electron chi connectivity index (χ0n) is 13.1. The molecular formula is C17H27NO3. The van der Waals surface area contributed by atoms with Crippen molar-refractivity contribution >= 4 is 11.9 Å². The summed E-state index contributed by atoms with van der Waals surface area (Å²) in [5.41, 5.74) is 0.316. The Morgan fingerprint density at radius 1 is 1.05 bits per heavy atom. The third-order valence-electron chi connectivity index (χ3n) is 6.36. The monoisotopic (exact) mass is 293 g/mol. The summed E-state index contributed by atoms with van der Waals surface area (Å²) in [7, 11) is 0. The van der Waals surface area contributed by atoms with E-state index < -0.39 is 17.8 Å². The molecule has 21 heavy (non-hydrogen) atoms. The summed E-state index contributed by atoms with van der Waals surface area (Å²) < 4.78 is 0. The standard InChI is InChI=1S/C17H27NO3/c1-10(11(2)16(20)21)15(19)18-9-17-6-12-3-13(7-17)5-14(4-12)8-17/h10-14H,3-9H2,1-2H3,(H,18,19)(H,20,21). The number of rotatable bonds is 5. The van der Waals surface area contributed by atoms with Crippen molar-refractivity contribution in [1.82, 2.24) is 5.32 Å². The Hall–Kier alpha value is -1.06. The Labute approximate surface area is 126 Å². The molecule has 0 aromatic heterocycles. The zero-order chi connectivity index (χ0) is 15.2. The summed E-state index contributed by atoms with van der Waals surface area (Å²) in [5.74, 6) is 0.557. The maximum atomic E-state index is 12.2. The lowest BCUT2D eigenvalue weighted by atomic mass is 9.49. The van der Waals surface area contributed by atoms with E-state index in [0.29, 0.717) is 5.41 Å². The molecule has 4 nitrogen and oxygen atoms in total. The van der Waals surface area contributed by atoms with E-state index in [0.717, 1.165) is 24.3 Å². The first-order valence-corrected chi connectivity index (χ1v) is 8.39. The molecule has 2 unspecified atom stereocenters. The number of hydrogen-bond donors (Lipinski definition) is 2. The second-order valence-electron chi connectivity index (χ2n) is 8.05. The zero-order valence-corrected chi connectivity index (χ0v) is 13.1. The van der Waals surface area contributed by atoms with Crippen molar-refractivity contribution in [2.75, 3.05) is 6.54 Å². The number of amides is 1. The van der Waals surface area contributed by atoms with Gasteiger partial charge in [0.1, 0.15) is 0 Å². The van der Waals surface area contributed by atoms with Crippen LogP contribution in [0.1, 0.15) is 52.4 Å². The van der Waals surface area contributed by atoms with Crippen LogP contribution in [0.3, 0.4) is 0 Å². The summed E-state index contributed by atoms with van der Waals surface area (Å²) in [6, 6.07) is 0. The second kappa shape index (κ2) is 5.29. The first kappa shape index (κ1) is 14.9. The molecule has 4 heteroatoms. The summed E-state index contributed by atoms with van der Waals surface area (Å²) in [5, 5.41) is 12.1. The highest BCUT2D eigenvalue weighted by Gasteiger charge is 2.50. The van der Waals surface area contributed by atoms with Gasteiger partial charge in [0, 0.05) is 12.5 Å². The van der Waals surface area contributed by atoms with Gasteiger partial charge in [0.2, 0.25) is 5.91 Å². The Kier molecular flexibility index (Phi) is 3.74. The first-order chi connectivity index (χ1) is 9.88. The molecule has 0 aromatic rings. The van der Waals surface area contributed by atoms with Gasteiger partial charge in [-0.15, -0.1) is 0 Å². The van der Waals surface area contributed by atoms with Crippen LogP contribution in [0.4, 0.5) is 0 Å². The molecule has 4 bridgehead atoms. The van der Waals surface area contributed by atoms with Crippen molar-refractivity contribution in [3.63, 3.8) is 0 Å². The smallest absolute Gasteiger partial charge is 0.307 e. The molecule has 4 aliphatic rings.